The molecule has 2 rings (SSSR count). The number of hydrogen-bond acceptors (Lipinski definition) is 2. The maximum atomic E-state index is 3.65. The van der Waals surface area contributed by atoms with Gasteiger partial charge in [0.2, 0.25) is 0 Å². The van der Waals surface area contributed by atoms with E-state index in [0.29, 0.717) is 5.41 Å². The Morgan fingerprint density at radius 2 is 2.20 bits per heavy atom. The predicted molar refractivity (Wildman–Crippen MR) is 68.6 cm³/mol. The van der Waals surface area contributed by atoms with Gasteiger partial charge in [0, 0.05) is 25.0 Å². The SMILES string of the molecule is CN1CCC(CN(C)CC2(CBr)CC2)C1. The van der Waals surface area contributed by atoms with E-state index in [4.69, 9.17) is 0 Å². The third-order valence-corrected chi connectivity index (χ3v) is 5.09. The van der Waals surface area contributed by atoms with Crippen molar-refractivity contribution >= 4 is 15.9 Å². The van der Waals surface area contributed by atoms with Crippen LogP contribution in [-0.4, -0.2) is 55.4 Å². The molecule has 88 valence electrons. The van der Waals surface area contributed by atoms with Gasteiger partial charge < -0.3 is 9.80 Å². The Bertz CT molecular complexity index is 216. The van der Waals surface area contributed by atoms with Gasteiger partial charge in [-0.2, -0.15) is 0 Å². The summed E-state index contributed by atoms with van der Waals surface area (Å²) in [5, 5.41) is 1.19. The third-order valence-electron chi connectivity index (χ3n) is 3.90. The second-order valence-electron chi connectivity index (χ2n) is 5.75. The van der Waals surface area contributed by atoms with Gasteiger partial charge in [-0.15, -0.1) is 0 Å². The highest BCUT2D eigenvalue weighted by Crippen LogP contribution is 2.47. The van der Waals surface area contributed by atoms with Crippen LogP contribution in [0.25, 0.3) is 0 Å². The molecule has 0 aromatic heterocycles. The molecule has 1 saturated carbocycles. The first-order valence-corrected chi connectivity index (χ1v) is 7.19. The van der Waals surface area contributed by atoms with Crippen molar-refractivity contribution in [1.82, 2.24) is 9.80 Å². The molecule has 1 heterocycles. The van der Waals surface area contributed by atoms with E-state index in [2.05, 4.69) is 39.8 Å². The van der Waals surface area contributed by atoms with E-state index in [1.807, 2.05) is 0 Å². The van der Waals surface area contributed by atoms with Gasteiger partial charge in [-0.05, 0) is 51.2 Å². The molecule has 0 aromatic rings. The molecule has 1 atom stereocenters. The zero-order valence-corrected chi connectivity index (χ0v) is 11.6. The van der Waals surface area contributed by atoms with Gasteiger partial charge >= 0.3 is 0 Å². The van der Waals surface area contributed by atoms with Gasteiger partial charge in [-0.1, -0.05) is 15.9 Å². The van der Waals surface area contributed by atoms with E-state index in [0.717, 1.165) is 5.92 Å². The topological polar surface area (TPSA) is 6.48 Å². The van der Waals surface area contributed by atoms with E-state index in [1.165, 1.54) is 50.8 Å². The lowest BCUT2D eigenvalue weighted by Crippen LogP contribution is -2.32. The van der Waals surface area contributed by atoms with E-state index in [9.17, 15) is 0 Å². The summed E-state index contributed by atoms with van der Waals surface area (Å²) < 4.78 is 0. The van der Waals surface area contributed by atoms with Gasteiger partial charge in [0.1, 0.15) is 0 Å². The fourth-order valence-electron chi connectivity index (χ4n) is 2.76. The normalized spacial score (nSPS) is 30.0. The van der Waals surface area contributed by atoms with E-state index in [1.54, 1.807) is 0 Å². The first-order chi connectivity index (χ1) is 7.13. The monoisotopic (exact) mass is 274 g/mol. The van der Waals surface area contributed by atoms with E-state index in [-0.39, 0.29) is 0 Å². The van der Waals surface area contributed by atoms with Crippen LogP contribution in [0.3, 0.4) is 0 Å². The number of alkyl halides is 1. The summed E-state index contributed by atoms with van der Waals surface area (Å²) in [6.07, 6.45) is 4.24. The largest absolute Gasteiger partial charge is 0.306 e. The Hall–Kier alpha value is 0.400. The smallest absolute Gasteiger partial charge is 0.0100 e. The highest BCUT2D eigenvalue weighted by atomic mass is 79.9. The van der Waals surface area contributed by atoms with Crippen LogP contribution in [0.1, 0.15) is 19.3 Å². The van der Waals surface area contributed by atoms with Crippen LogP contribution in [0.2, 0.25) is 0 Å². The number of nitrogens with zero attached hydrogens (tertiary/aromatic N) is 2. The van der Waals surface area contributed by atoms with Crippen LogP contribution in [0.5, 0.6) is 0 Å². The summed E-state index contributed by atoms with van der Waals surface area (Å²) in [6, 6.07) is 0. The molecule has 1 saturated heterocycles. The summed E-state index contributed by atoms with van der Waals surface area (Å²) in [7, 11) is 4.53. The summed E-state index contributed by atoms with van der Waals surface area (Å²) in [6.45, 7) is 5.17. The lowest BCUT2D eigenvalue weighted by atomic mass is 10.1. The molecule has 0 amide bonds. The maximum absolute atomic E-state index is 3.65. The molecule has 3 heteroatoms. The van der Waals surface area contributed by atoms with Crippen molar-refractivity contribution in [3.8, 4) is 0 Å². The van der Waals surface area contributed by atoms with Crippen LogP contribution in [-0.2, 0) is 0 Å². The van der Waals surface area contributed by atoms with Gasteiger partial charge in [-0.25, -0.2) is 0 Å². The van der Waals surface area contributed by atoms with Crippen molar-refractivity contribution in [2.24, 2.45) is 11.3 Å². The zero-order valence-electron chi connectivity index (χ0n) is 10.0. The highest BCUT2D eigenvalue weighted by molar-refractivity contribution is 9.09. The molecule has 0 spiro atoms. The summed E-state index contributed by atoms with van der Waals surface area (Å²) in [5.41, 5.74) is 0.638. The van der Waals surface area contributed by atoms with Gasteiger partial charge in [0.15, 0.2) is 0 Å². The molecule has 15 heavy (non-hydrogen) atoms. The van der Waals surface area contributed by atoms with Crippen LogP contribution in [0.4, 0.5) is 0 Å². The molecule has 0 N–H and O–H groups in total. The van der Waals surface area contributed by atoms with E-state index >= 15 is 0 Å². The quantitative estimate of drug-likeness (QED) is 0.709. The molecule has 0 radical (unpaired) electrons. The Balaban J connectivity index is 1.70. The molecule has 2 aliphatic rings. The van der Waals surface area contributed by atoms with Crippen molar-refractivity contribution in [2.45, 2.75) is 19.3 Å². The second kappa shape index (κ2) is 4.72. The number of rotatable bonds is 5. The molecule has 0 bridgehead atoms. The average Bonchev–Trinajstić information content (AvgIpc) is 2.84. The van der Waals surface area contributed by atoms with Crippen molar-refractivity contribution in [3.05, 3.63) is 0 Å². The third kappa shape index (κ3) is 3.18. The molecular weight excluding hydrogens is 252 g/mol. The zero-order chi connectivity index (χ0) is 10.9. The van der Waals surface area contributed by atoms with Crippen LogP contribution >= 0.6 is 15.9 Å². The standard InChI is InChI=1S/C12H23BrN2/c1-14-6-3-11(7-14)8-15(2)10-12(9-13)4-5-12/h11H,3-10H2,1-2H3. The molecule has 1 aliphatic carbocycles. The Morgan fingerprint density at radius 3 is 2.67 bits per heavy atom. The fourth-order valence-corrected chi connectivity index (χ4v) is 3.50. The predicted octanol–water partition coefficient (Wildman–Crippen LogP) is 2.04. The average molecular weight is 275 g/mol. The number of halogens is 1. The van der Waals surface area contributed by atoms with Gasteiger partial charge in [0.25, 0.3) is 0 Å². The fraction of sp³-hybridized carbons (Fsp3) is 1.00. The molecule has 2 nitrogen and oxygen atoms in total. The summed E-state index contributed by atoms with van der Waals surface area (Å²) in [4.78, 5) is 5.01. The summed E-state index contributed by atoms with van der Waals surface area (Å²) >= 11 is 3.65. The van der Waals surface area contributed by atoms with Crippen molar-refractivity contribution in [1.29, 1.82) is 0 Å². The minimum absolute atomic E-state index is 0.638. The summed E-state index contributed by atoms with van der Waals surface area (Å²) in [5.74, 6) is 0.908. The minimum atomic E-state index is 0.638. The second-order valence-corrected chi connectivity index (χ2v) is 6.31. The van der Waals surface area contributed by atoms with Gasteiger partial charge in [-0.3, -0.25) is 0 Å². The van der Waals surface area contributed by atoms with Crippen LogP contribution in [0, 0.1) is 11.3 Å². The lowest BCUT2D eigenvalue weighted by Gasteiger charge is -2.25. The molecule has 0 aromatic carbocycles. The number of likely N-dealkylation sites (tertiary alicyclic amines) is 1. The molecule has 1 unspecified atom stereocenters. The Morgan fingerprint density at radius 1 is 1.47 bits per heavy atom. The minimum Gasteiger partial charge on any atom is -0.306 e. The first-order valence-electron chi connectivity index (χ1n) is 6.07. The van der Waals surface area contributed by atoms with Crippen molar-refractivity contribution in [2.75, 3.05) is 45.6 Å². The number of hydrogen-bond donors (Lipinski definition) is 0. The highest BCUT2D eigenvalue weighted by Gasteiger charge is 2.42. The lowest BCUT2D eigenvalue weighted by molar-refractivity contribution is 0.237. The molecular formula is C12H23BrN2. The van der Waals surface area contributed by atoms with Crippen molar-refractivity contribution < 1.29 is 0 Å². The van der Waals surface area contributed by atoms with E-state index < -0.39 is 0 Å². The van der Waals surface area contributed by atoms with Crippen LogP contribution in [0.15, 0.2) is 0 Å². The van der Waals surface area contributed by atoms with Gasteiger partial charge in [0.05, 0.1) is 0 Å². The van der Waals surface area contributed by atoms with Crippen molar-refractivity contribution in [3.63, 3.8) is 0 Å². The Kier molecular flexibility index (Phi) is 3.74. The molecule has 1 aliphatic heterocycles. The maximum Gasteiger partial charge on any atom is 0.0100 e. The first kappa shape index (κ1) is 11.9. The molecule has 2 fully saturated rings. The Labute approximate surface area is 102 Å². The van der Waals surface area contributed by atoms with Crippen LogP contribution < -0.4 is 0 Å².